The fraction of sp³-hybridized carbons (Fsp3) is 0.611. The predicted octanol–water partition coefficient (Wildman–Crippen LogP) is 4.23. The third kappa shape index (κ3) is 4.47. The number of anilines is 1. The van der Waals surface area contributed by atoms with Crippen LogP contribution in [0.15, 0.2) is 12.1 Å². The van der Waals surface area contributed by atoms with Crippen molar-refractivity contribution in [3.63, 3.8) is 0 Å². The van der Waals surface area contributed by atoms with E-state index < -0.39 is 5.60 Å². The molecule has 0 spiro atoms. The van der Waals surface area contributed by atoms with Crippen LogP contribution in [0.5, 0.6) is 5.75 Å². The number of hydrogen-bond donors (Lipinski definition) is 1. The summed E-state index contributed by atoms with van der Waals surface area (Å²) < 4.78 is 11.4. The minimum atomic E-state index is -0.802. The van der Waals surface area contributed by atoms with E-state index in [-0.39, 0.29) is 12.0 Å². The lowest BCUT2D eigenvalue weighted by molar-refractivity contribution is -0.139. The summed E-state index contributed by atoms with van der Waals surface area (Å²) in [4.78, 5) is 12.5. The second kappa shape index (κ2) is 7.63. The number of benzene rings is 1. The van der Waals surface area contributed by atoms with Crippen molar-refractivity contribution in [1.29, 1.82) is 0 Å². The number of rotatable bonds is 7. The lowest BCUT2D eigenvalue weighted by Crippen LogP contribution is -2.42. The van der Waals surface area contributed by atoms with Gasteiger partial charge in [0.15, 0.2) is 0 Å². The third-order valence-electron chi connectivity index (χ3n) is 3.69. The summed E-state index contributed by atoms with van der Waals surface area (Å²) >= 11 is 0. The van der Waals surface area contributed by atoms with E-state index in [0.29, 0.717) is 13.0 Å². The van der Waals surface area contributed by atoms with Crippen LogP contribution in [0.2, 0.25) is 0 Å². The van der Waals surface area contributed by atoms with Gasteiger partial charge in [-0.1, -0.05) is 6.92 Å². The van der Waals surface area contributed by atoms with Gasteiger partial charge < -0.3 is 14.8 Å². The molecule has 1 atom stereocenters. The van der Waals surface area contributed by atoms with Gasteiger partial charge in [-0.05, 0) is 71.2 Å². The molecular weight excluding hydrogens is 278 g/mol. The highest BCUT2D eigenvalue weighted by atomic mass is 16.5. The van der Waals surface area contributed by atoms with Crippen LogP contribution >= 0.6 is 0 Å². The van der Waals surface area contributed by atoms with E-state index in [2.05, 4.69) is 5.32 Å². The molecule has 0 aliphatic carbocycles. The number of aryl methyl sites for hydroxylation is 2. The summed E-state index contributed by atoms with van der Waals surface area (Å²) in [6.07, 6.45) is 0.748. The highest BCUT2D eigenvalue weighted by Crippen LogP contribution is 2.29. The molecule has 1 rings (SSSR count). The minimum absolute atomic E-state index is 0.117. The maximum Gasteiger partial charge on any atom is 0.256 e. The van der Waals surface area contributed by atoms with Gasteiger partial charge in [0, 0.05) is 12.3 Å². The topological polar surface area (TPSA) is 47.6 Å². The Bertz CT molecular complexity index is 502. The van der Waals surface area contributed by atoms with E-state index in [9.17, 15) is 4.79 Å². The zero-order chi connectivity index (χ0) is 16.9. The number of nitrogens with one attached hydrogen (secondary N) is 1. The van der Waals surface area contributed by atoms with Crippen LogP contribution in [0.1, 0.15) is 52.2 Å². The maximum atomic E-state index is 12.5. The molecule has 22 heavy (non-hydrogen) atoms. The van der Waals surface area contributed by atoms with Crippen LogP contribution in [0.25, 0.3) is 0 Å². The van der Waals surface area contributed by atoms with Crippen molar-refractivity contribution in [3.8, 4) is 5.75 Å². The lowest BCUT2D eigenvalue weighted by Gasteiger charge is -2.27. The highest BCUT2D eigenvalue weighted by molar-refractivity contribution is 5.97. The average Bonchev–Trinajstić information content (AvgIpc) is 2.42. The molecular formula is C18H29NO3. The molecule has 0 bridgehead atoms. The lowest BCUT2D eigenvalue weighted by atomic mass is 10.0. The summed E-state index contributed by atoms with van der Waals surface area (Å²) in [6, 6.07) is 3.87. The normalized spacial score (nSPS) is 13.8. The van der Waals surface area contributed by atoms with E-state index in [0.717, 1.165) is 22.6 Å². The molecule has 1 N–H and O–H groups in total. The molecule has 0 aliphatic rings. The number of amides is 1. The van der Waals surface area contributed by atoms with E-state index in [1.54, 1.807) is 0 Å². The smallest absolute Gasteiger partial charge is 0.256 e. The van der Waals surface area contributed by atoms with Crippen molar-refractivity contribution in [1.82, 2.24) is 0 Å². The Morgan fingerprint density at radius 2 is 1.77 bits per heavy atom. The molecule has 0 aliphatic heterocycles. The number of hydrogen-bond acceptors (Lipinski definition) is 3. The minimum Gasteiger partial charge on any atom is -0.490 e. The molecule has 1 amide bonds. The van der Waals surface area contributed by atoms with Crippen LogP contribution in [-0.2, 0) is 9.53 Å². The molecule has 1 aromatic rings. The van der Waals surface area contributed by atoms with E-state index in [1.165, 1.54) is 0 Å². The monoisotopic (exact) mass is 307 g/mol. The van der Waals surface area contributed by atoms with Gasteiger partial charge in [0.2, 0.25) is 0 Å². The molecule has 0 fully saturated rings. The van der Waals surface area contributed by atoms with Gasteiger partial charge in [-0.25, -0.2) is 0 Å². The van der Waals surface area contributed by atoms with Crippen molar-refractivity contribution >= 4 is 11.6 Å². The van der Waals surface area contributed by atoms with Crippen molar-refractivity contribution in [2.75, 3.05) is 11.9 Å². The Labute approximate surface area is 134 Å². The largest absolute Gasteiger partial charge is 0.490 e. The summed E-state index contributed by atoms with van der Waals surface area (Å²) in [5, 5.41) is 2.96. The predicted molar refractivity (Wildman–Crippen MR) is 90.6 cm³/mol. The number of ether oxygens (including phenoxy) is 2. The van der Waals surface area contributed by atoms with Crippen LogP contribution in [0.3, 0.4) is 0 Å². The quantitative estimate of drug-likeness (QED) is 0.820. The molecule has 0 radical (unpaired) electrons. The van der Waals surface area contributed by atoms with Crippen LogP contribution in [0, 0.1) is 13.8 Å². The van der Waals surface area contributed by atoms with Gasteiger partial charge in [-0.2, -0.15) is 0 Å². The zero-order valence-corrected chi connectivity index (χ0v) is 14.9. The Morgan fingerprint density at radius 1 is 1.23 bits per heavy atom. The summed E-state index contributed by atoms with van der Waals surface area (Å²) in [6.45, 7) is 14.2. The standard InChI is InChI=1S/C18H29NO3/c1-8-18(7,21-9-2)17(20)19-15-10-13(5)16(14(6)11-15)22-12(3)4/h10-12H,8-9H2,1-7H3,(H,19,20)/t18-/m1/s1. The molecule has 0 heterocycles. The Hall–Kier alpha value is -1.55. The van der Waals surface area contributed by atoms with E-state index >= 15 is 0 Å². The third-order valence-corrected chi connectivity index (χ3v) is 3.69. The molecule has 0 saturated heterocycles. The van der Waals surface area contributed by atoms with Gasteiger partial charge in [-0.3, -0.25) is 4.79 Å². The van der Waals surface area contributed by atoms with Gasteiger partial charge in [-0.15, -0.1) is 0 Å². The van der Waals surface area contributed by atoms with Crippen LogP contribution < -0.4 is 10.1 Å². The summed E-state index contributed by atoms with van der Waals surface area (Å²) in [7, 11) is 0. The first kappa shape index (κ1) is 18.5. The molecule has 124 valence electrons. The van der Waals surface area contributed by atoms with Crippen molar-refractivity contribution < 1.29 is 14.3 Å². The maximum absolute atomic E-state index is 12.5. The van der Waals surface area contributed by atoms with Gasteiger partial charge in [0.05, 0.1) is 6.10 Å². The first-order chi connectivity index (χ1) is 10.2. The zero-order valence-electron chi connectivity index (χ0n) is 14.9. The number of carbonyl (C=O) groups is 1. The van der Waals surface area contributed by atoms with Crippen LogP contribution in [0.4, 0.5) is 5.69 Å². The summed E-state index contributed by atoms with van der Waals surface area (Å²) in [5.74, 6) is 0.768. The molecule has 1 aromatic carbocycles. The summed E-state index contributed by atoms with van der Waals surface area (Å²) in [5.41, 5.74) is 2.00. The number of carbonyl (C=O) groups excluding carboxylic acids is 1. The average molecular weight is 307 g/mol. The Kier molecular flexibility index (Phi) is 6.42. The Morgan fingerprint density at radius 3 is 2.18 bits per heavy atom. The fourth-order valence-corrected chi connectivity index (χ4v) is 2.35. The van der Waals surface area contributed by atoms with Gasteiger partial charge in [0.25, 0.3) is 5.91 Å². The first-order valence-electron chi connectivity index (χ1n) is 7.96. The first-order valence-corrected chi connectivity index (χ1v) is 7.96. The second-order valence-corrected chi connectivity index (χ2v) is 6.08. The van der Waals surface area contributed by atoms with Crippen molar-refractivity contribution in [3.05, 3.63) is 23.3 Å². The van der Waals surface area contributed by atoms with Crippen LogP contribution in [-0.4, -0.2) is 24.2 Å². The van der Waals surface area contributed by atoms with Crippen molar-refractivity contribution in [2.45, 2.75) is 66.6 Å². The molecule has 4 heteroatoms. The SMILES string of the molecule is CCO[C@](C)(CC)C(=O)Nc1cc(C)c(OC(C)C)c(C)c1. The van der Waals surface area contributed by atoms with Gasteiger partial charge >= 0.3 is 0 Å². The second-order valence-electron chi connectivity index (χ2n) is 6.08. The van der Waals surface area contributed by atoms with Crippen molar-refractivity contribution in [2.24, 2.45) is 0 Å². The molecule has 0 unspecified atom stereocenters. The van der Waals surface area contributed by atoms with E-state index in [1.807, 2.05) is 60.6 Å². The molecule has 0 aromatic heterocycles. The Balaban J connectivity index is 2.97. The van der Waals surface area contributed by atoms with Gasteiger partial charge in [0.1, 0.15) is 11.4 Å². The highest BCUT2D eigenvalue weighted by Gasteiger charge is 2.32. The molecule has 0 saturated carbocycles. The molecule has 4 nitrogen and oxygen atoms in total. The fourth-order valence-electron chi connectivity index (χ4n) is 2.35. The van der Waals surface area contributed by atoms with E-state index in [4.69, 9.17) is 9.47 Å².